The molecule has 0 aliphatic heterocycles. The highest BCUT2D eigenvalue weighted by molar-refractivity contribution is 6.34. The first-order chi connectivity index (χ1) is 10.6. The van der Waals surface area contributed by atoms with Crippen molar-refractivity contribution in [3.8, 4) is 5.75 Å². The second kappa shape index (κ2) is 7.21. The van der Waals surface area contributed by atoms with Crippen molar-refractivity contribution in [2.75, 3.05) is 6.61 Å². The highest BCUT2D eigenvalue weighted by atomic mass is 16.5. The number of ether oxygens (including phenoxy) is 1. The number of carbonyl (C=O) groups excluding carboxylic acids is 2. The van der Waals surface area contributed by atoms with E-state index >= 15 is 0 Å². The van der Waals surface area contributed by atoms with E-state index in [0.29, 0.717) is 12.4 Å². The summed E-state index contributed by atoms with van der Waals surface area (Å²) in [6.45, 7) is 2.59. The molecule has 0 aromatic heterocycles. The third-order valence-corrected chi connectivity index (χ3v) is 2.98. The first-order valence-electron chi connectivity index (χ1n) is 6.91. The number of fused-ring (bicyclic) bond motifs is 1. The summed E-state index contributed by atoms with van der Waals surface area (Å²) in [7, 11) is 0. The van der Waals surface area contributed by atoms with Crippen LogP contribution in [0.1, 0.15) is 18.9 Å². The number of nitrogens with zero attached hydrogens (tertiary/aromatic N) is 1. The Bertz CT molecular complexity index is 726. The number of rotatable bonds is 5. The van der Waals surface area contributed by atoms with Crippen LogP contribution in [0, 0.1) is 0 Å². The second-order valence-corrected chi connectivity index (χ2v) is 4.61. The van der Waals surface area contributed by atoms with Gasteiger partial charge in [0, 0.05) is 5.56 Å². The summed E-state index contributed by atoms with van der Waals surface area (Å²) in [6.07, 6.45) is 2.33. The molecule has 0 saturated carbocycles. The molecule has 2 aromatic rings. The van der Waals surface area contributed by atoms with Crippen LogP contribution in [0.15, 0.2) is 41.5 Å². The summed E-state index contributed by atoms with van der Waals surface area (Å²) in [6, 6.07) is 11.6. The van der Waals surface area contributed by atoms with Crippen molar-refractivity contribution >= 4 is 28.8 Å². The predicted octanol–water partition coefficient (Wildman–Crippen LogP) is 1.56. The maximum atomic E-state index is 11.1. The SMILES string of the molecule is CCCOc1ccc2ccccc2c1/C=N\NC(=O)C(N)=O. The van der Waals surface area contributed by atoms with E-state index in [1.165, 1.54) is 6.21 Å². The summed E-state index contributed by atoms with van der Waals surface area (Å²) in [5.41, 5.74) is 7.66. The lowest BCUT2D eigenvalue weighted by Gasteiger charge is -2.10. The molecular formula is C16H17N3O3. The average molecular weight is 299 g/mol. The van der Waals surface area contributed by atoms with Crippen LogP contribution >= 0.6 is 0 Å². The lowest BCUT2D eigenvalue weighted by molar-refractivity contribution is -0.137. The van der Waals surface area contributed by atoms with Crippen molar-refractivity contribution in [3.63, 3.8) is 0 Å². The molecule has 0 aliphatic rings. The minimum atomic E-state index is -1.09. The van der Waals surface area contributed by atoms with Gasteiger partial charge in [-0.05, 0) is 23.3 Å². The second-order valence-electron chi connectivity index (χ2n) is 4.61. The van der Waals surface area contributed by atoms with E-state index in [9.17, 15) is 9.59 Å². The Morgan fingerprint density at radius 3 is 2.77 bits per heavy atom. The molecule has 2 rings (SSSR count). The number of nitrogens with one attached hydrogen (secondary N) is 1. The fourth-order valence-electron chi connectivity index (χ4n) is 1.96. The van der Waals surface area contributed by atoms with E-state index in [1.54, 1.807) is 0 Å². The molecule has 0 fully saturated rings. The average Bonchev–Trinajstić information content (AvgIpc) is 2.53. The van der Waals surface area contributed by atoms with Gasteiger partial charge in [0.15, 0.2) is 0 Å². The molecular weight excluding hydrogens is 282 g/mol. The van der Waals surface area contributed by atoms with E-state index in [4.69, 9.17) is 10.5 Å². The first kappa shape index (κ1) is 15.5. The molecule has 6 heteroatoms. The van der Waals surface area contributed by atoms with E-state index in [0.717, 1.165) is 22.8 Å². The van der Waals surface area contributed by atoms with Gasteiger partial charge in [-0.2, -0.15) is 5.10 Å². The fraction of sp³-hybridized carbons (Fsp3) is 0.188. The van der Waals surface area contributed by atoms with Crippen molar-refractivity contribution in [1.82, 2.24) is 5.43 Å². The van der Waals surface area contributed by atoms with Gasteiger partial charge >= 0.3 is 11.8 Å². The molecule has 2 aromatic carbocycles. The van der Waals surface area contributed by atoms with Gasteiger partial charge in [0.25, 0.3) is 0 Å². The van der Waals surface area contributed by atoms with Crippen LogP contribution < -0.4 is 15.9 Å². The lowest BCUT2D eigenvalue weighted by Crippen LogP contribution is -2.32. The van der Waals surface area contributed by atoms with Crippen LogP contribution in [-0.4, -0.2) is 24.6 Å². The molecule has 0 aliphatic carbocycles. The molecule has 3 N–H and O–H groups in total. The zero-order valence-corrected chi connectivity index (χ0v) is 12.2. The van der Waals surface area contributed by atoms with Crippen LogP contribution in [0.5, 0.6) is 5.75 Å². The minimum Gasteiger partial charge on any atom is -0.493 e. The number of carbonyl (C=O) groups is 2. The van der Waals surface area contributed by atoms with Crippen LogP contribution in [-0.2, 0) is 9.59 Å². The molecule has 0 saturated heterocycles. The van der Waals surface area contributed by atoms with Crippen molar-refractivity contribution in [2.45, 2.75) is 13.3 Å². The zero-order chi connectivity index (χ0) is 15.9. The van der Waals surface area contributed by atoms with Gasteiger partial charge in [0.1, 0.15) is 5.75 Å². The number of benzene rings is 2. The number of hydrogen-bond donors (Lipinski definition) is 2. The van der Waals surface area contributed by atoms with Crippen LogP contribution in [0.25, 0.3) is 10.8 Å². The highest BCUT2D eigenvalue weighted by Gasteiger charge is 2.08. The smallest absolute Gasteiger partial charge is 0.329 e. The Morgan fingerprint density at radius 2 is 2.05 bits per heavy atom. The molecule has 0 atom stereocenters. The lowest BCUT2D eigenvalue weighted by atomic mass is 10.0. The van der Waals surface area contributed by atoms with Crippen LogP contribution in [0.2, 0.25) is 0 Å². The van der Waals surface area contributed by atoms with Gasteiger partial charge < -0.3 is 10.5 Å². The summed E-state index contributed by atoms with van der Waals surface area (Å²) in [5, 5.41) is 5.74. The van der Waals surface area contributed by atoms with Crippen molar-refractivity contribution in [2.24, 2.45) is 10.8 Å². The maximum Gasteiger partial charge on any atom is 0.329 e. The maximum absolute atomic E-state index is 11.1. The highest BCUT2D eigenvalue weighted by Crippen LogP contribution is 2.26. The van der Waals surface area contributed by atoms with E-state index in [2.05, 4.69) is 10.5 Å². The molecule has 0 heterocycles. The molecule has 22 heavy (non-hydrogen) atoms. The summed E-state index contributed by atoms with van der Waals surface area (Å²) in [4.78, 5) is 21.8. The third kappa shape index (κ3) is 3.60. The number of amides is 2. The Hall–Kier alpha value is -2.89. The number of nitrogens with two attached hydrogens (primary N) is 1. The quantitative estimate of drug-likeness (QED) is 0.498. The third-order valence-electron chi connectivity index (χ3n) is 2.98. The molecule has 0 radical (unpaired) electrons. The summed E-state index contributed by atoms with van der Waals surface area (Å²) in [5.74, 6) is -1.39. The van der Waals surface area contributed by atoms with Crippen molar-refractivity contribution in [1.29, 1.82) is 0 Å². The van der Waals surface area contributed by atoms with Gasteiger partial charge in [0.05, 0.1) is 12.8 Å². The summed E-state index contributed by atoms with van der Waals surface area (Å²) < 4.78 is 5.70. The molecule has 0 unspecified atom stereocenters. The number of hydrazone groups is 1. The van der Waals surface area contributed by atoms with E-state index in [1.807, 2.05) is 43.3 Å². The topological polar surface area (TPSA) is 93.8 Å². The Morgan fingerprint density at radius 1 is 1.27 bits per heavy atom. The van der Waals surface area contributed by atoms with Crippen LogP contribution in [0.3, 0.4) is 0 Å². The number of hydrogen-bond acceptors (Lipinski definition) is 4. The van der Waals surface area contributed by atoms with Gasteiger partial charge in [-0.1, -0.05) is 37.3 Å². The molecule has 2 amide bonds. The zero-order valence-electron chi connectivity index (χ0n) is 12.2. The molecule has 6 nitrogen and oxygen atoms in total. The van der Waals surface area contributed by atoms with Crippen molar-refractivity contribution in [3.05, 3.63) is 42.0 Å². The molecule has 114 valence electrons. The van der Waals surface area contributed by atoms with Gasteiger partial charge in [-0.25, -0.2) is 5.43 Å². The van der Waals surface area contributed by atoms with Gasteiger partial charge in [-0.15, -0.1) is 0 Å². The normalized spacial score (nSPS) is 10.8. The molecule has 0 bridgehead atoms. The largest absolute Gasteiger partial charge is 0.493 e. The Kier molecular flexibility index (Phi) is 5.08. The number of primary amides is 1. The van der Waals surface area contributed by atoms with E-state index in [-0.39, 0.29) is 0 Å². The van der Waals surface area contributed by atoms with E-state index < -0.39 is 11.8 Å². The Balaban J connectivity index is 2.36. The van der Waals surface area contributed by atoms with Gasteiger partial charge in [0.2, 0.25) is 0 Å². The standard InChI is InChI=1S/C16H17N3O3/c1-2-9-22-14-8-7-11-5-3-4-6-12(11)13(14)10-18-19-16(21)15(17)20/h3-8,10H,2,9H2,1H3,(H2,17,20)(H,19,21)/b18-10-. The first-order valence-corrected chi connectivity index (χ1v) is 6.91. The predicted molar refractivity (Wildman–Crippen MR) is 84.7 cm³/mol. The monoisotopic (exact) mass is 299 g/mol. The molecule has 0 spiro atoms. The fourth-order valence-corrected chi connectivity index (χ4v) is 1.96. The summed E-state index contributed by atoms with van der Waals surface area (Å²) >= 11 is 0. The minimum absolute atomic E-state index is 0.576. The van der Waals surface area contributed by atoms with Gasteiger partial charge in [-0.3, -0.25) is 9.59 Å². The van der Waals surface area contributed by atoms with Crippen LogP contribution in [0.4, 0.5) is 0 Å². The van der Waals surface area contributed by atoms with Crippen molar-refractivity contribution < 1.29 is 14.3 Å². The Labute approximate surface area is 127 Å².